The van der Waals surface area contributed by atoms with Gasteiger partial charge >= 0.3 is 6.03 Å². The van der Waals surface area contributed by atoms with Gasteiger partial charge in [-0.2, -0.15) is 0 Å². The number of hydrogen-bond acceptors (Lipinski definition) is 3. The molecule has 0 radical (unpaired) electrons. The van der Waals surface area contributed by atoms with Crippen LogP contribution in [0.5, 0.6) is 0 Å². The fraction of sp³-hybridized carbons (Fsp3) is 0.222. The normalized spacial score (nSPS) is 9.57. The number of anilines is 1. The highest BCUT2D eigenvalue weighted by Gasteiger charge is 2.11. The summed E-state index contributed by atoms with van der Waals surface area (Å²) >= 11 is 0. The number of carbonyl (C=O) groups is 1. The highest BCUT2D eigenvalue weighted by Crippen LogP contribution is 2.06. The average Bonchev–Trinajstić information content (AvgIpc) is 2.21. The van der Waals surface area contributed by atoms with Gasteiger partial charge in [0.05, 0.1) is 14.2 Å². The summed E-state index contributed by atoms with van der Waals surface area (Å²) in [4.78, 5) is 20.6. The molecule has 1 N–H and O–H groups in total. The van der Waals surface area contributed by atoms with Crippen molar-refractivity contribution in [2.75, 3.05) is 19.5 Å². The minimum Gasteiger partial charge on any atom is -0.304 e. The molecule has 0 fully saturated rings. The second-order valence-electron chi connectivity index (χ2n) is 2.42. The fourth-order valence-electron chi connectivity index (χ4n) is 0.931. The molecule has 5 nitrogen and oxygen atoms in total. The molecule has 14 heavy (non-hydrogen) atoms. The van der Waals surface area contributed by atoms with Crippen LogP contribution in [0.2, 0.25) is 0 Å². The zero-order valence-electron chi connectivity index (χ0n) is 8.06. The molecular weight excluding hydrogens is 184 g/mol. The predicted octanol–water partition coefficient (Wildman–Crippen LogP) is 1.64. The first-order valence-electron chi connectivity index (χ1n) is 4.02. The third kappa shape index (κ3) is 2.72. The summed E-state index contributed by atoms with van der Waals surface area (Å²) < 4.78 is 0. The molecule has 1 aromatic carbocycles. The van der Waals surface area contributed by atoms with Gasteiger partial charge in [0.2, 0.25) is 0 Å². The molecule has 1 aromatic rings. The largest absolute Gasteiger partial charge is 0.371 e. The van der Waals surface area contributed by atoms with Crippen LogP contribution in [0.3, 0.4) is 0 Å². The standard InChI is InChI=1S/C9H12N2O3/c1-13-11(14-2)9(12)10-8-6-4-3-5-7-8/h3-7H,1-2H3,(H,10,12). The van der Waals surface area contributed by atoms with E-state index in [2.05, 4.69) is 15.0 Å². The van der Waals surface area contributed by atoms with E-state index in [0.29, 0.717) is 5.69 Å². The molecule has 0 bridgehead atoms. The van der Waals surface area contributed by atoms with E-state index in [4.69, 9.17) is 0 Å². The Hall–Kier alpha value is -1.59. The average molecular weight is 196 g/mol. The second kappa shape index (κ2) is 5.21. The van der Waals surface area contributed by atoms with E-state index in [1.54, 1.807) is 12.1 Å². The first-order valence-corrected chi connectivity index (χ1v) is 4.02. The van der Waals surface area contributed by atoms with Crippen LogP contribution >= 0.6 is 0 Å². The van der Waals surface area contributed by atoms with Crippen LogP contribution < -0.4 is 5.32 Å². The van der Waals surface area contributed by atoms with Gasteiger partial charge in [0, 0.05) is 5.69 Å². The molecule has 76 valence electrons. The Morgan fingerprint density at radius 1 is 1.21 bits per heavy atom. The zero-order chi connectivity index (χ0) is 10.4. The van der Waals surface area contributed by atoms with Crippen LogP contribution in [0, 0.1) is 0 Å². The molecule has 0 saturated carbocycles. The molecule has 0 unspecified atom stereocenters. The molecule has 0 atom stereocenters. The zero-order valence-corrected chi connectivity index (χ0v) is 8.06. The number of nitrogens with zero attached hydrogens (tertiary/aromatic N) is 1. The summed E-state index contributed by atoms with van der Waals surface area (Å²) in [5, 5.41) is 3.32. The number of nitrogens with one attached hydrogen (secondary N) is 1. The number of hydrogen-bond donors (Lipinski definition) is 1. The molecule has 0 aliphatic rings. The maximum absolute atomic E-state index is 11.3. The molecule has 0 saturated heterocycles. The van der Waals surface area contributed by atoms with Crippen molar-refractivity contribution in [1.82, 2.24) is 5.23 Å². The van der Waals surface area contributed by atoms with Gasteiger partial charge in [-0.3, -0.25) is 0 Å². The molecule has 0 heterocycles. The van der Waals surface area contributed by atoms with Gasteiger partial charge in [0.15, 0.2) is 0 Å². The van der Waals surface area contributed by atoms with E-state index in [9.17, 15) is 4.79 Å². The van der Waals surface area contributed by atoms with Crippen molar-refractivity contribution in [2.45, 2.75) is 0 Å². The van der Waals surface area contributed by atoms with Gasteiger partial charge in [-0.15, -0.1) is 0 Å². The molecule has 0 aliphatic carbocycles. The van der Waals surface area contributed by atoms with Gasteiger partial charge in [0.25, 0.3) is 0 Å². The Bertz CT molecular complexity index is 285. The lowest BCUT2D eigenvalue weighted by Crippen LogP contribution is -2.32. The van der Waals surface area contributed by atoms with Gasteiger partial charge in [-0.05, 0) is 12.1 Å². The van der Waals surface area contributed by atoms with E-state index in [1.165, 1.54) is 14.2 Å². The number of rotatable bonds is 3. The van der Waals surface area contributed by atoms with E-state index in [1.807, 2.05) is 18.2 Å². The van der Waals surface area contributed by atoms with Crippen LogP contribution in [0.1, 0.15) is 0 Å². The lowest BCUT2D eigenvalue weighted by atomic mass is 10.3. The maximum atomic E-state index is 11.3. The summed E-state index contributed by atoms with van der Waals surface area (Å²) in [5.74, 6) is 0. The number of carbonyl (C=O) groups excluding carboxylic acids is 1. The van der Waals surface area contributed by atoms with Crippen molar-refractivity contribution in [1.29, 1.82) is 0 Å². The third-order valence-electron chi connectivity index (χ3n) is 1.52. The van der Waals surface area contributed by atoms with E-state index in [-0.39, 0.29) is 0 Å². The maximum Gasteiger partial charge on any atom is 0.371 e. The Morgan fingerprint density at radius 3 is 2.29 bits per heavy atom. The highest BCUT2D eigenvalue weighted by atomic mass is 16.9. The number of para-hydroxylation sites is 1. The Kier molecular flexibility index (Phi) is 3.90. The van der Waals surface area contributed by atoms with Gasteiger partial charge in [-0.1, -0.05) is 23.4 Å². The summed E-state index contributed by atoms with van der Waals surface area (Å²) in [7, 11) is 2.68. The molecule has 0 spiro atoms. The van der Waals surface area contributed by atoms with Gasteiger partial charge in [0.1, 0.15) is 0 Å². The van der Waals surface area contributed by atoms with Crippen molar-refractivity contribution in [3.63, 3.8) is 0 Å². The number of amides is 2. The van der Waals surface area contributed by atoms with E-state index >= 15 is 0 Å². The quantitative estimate of drug-likeness (QED) is 0.748. The Labute approximate surface area is 82.1 Å². The van der Waals surface area contributed by atoms with Crippen molar-refractivity contribution in [2.24, 2.45) is 0 Å². The number of urea groups is 1. The van der Waals surface area contributed by atoms with Crippen LogP contribution in [0.25, 0.3) is 0 Å². The first-order chi connectivity index (χ1) is 6.77. The smallest absolute Gasteiger partial charge is 0.304 e. The van der Waals surface area contributed by atoms with Crippen LogP contribution in [0.4, 0.5) is 10.5 Å². The summed E-state index contributed by atoms with van der Waals surface area (Å²) in [5.41, 5.74) is 0.677. The molecule has 2 amide bonds. The lowest BCUT2D eigenvalue weighted by Gasteiger charge is -2.16. The minimum atomic E-state index is -0.485. The number of hydroxylamine groups is 2. The van der Waals surface area contributed by atoms with Gasteiger partial charge < -0.3 is 5.32 Å². The van der Waals surface area contributed by atoms with Crippen LogP contribution in [-0.4, -0.2) is 25.5 Å². The first kappa shape index (κ1) is 10.5. The van der Waals surface area contributed by atoms with E-state index < -0.39 is 6.03 Å². The Morgan fingerprint density at radius 2 is 1.79 bits per heavy atom. The highest BCUT2D eigenvalue weighted by molar-refractivity contribution is 5.87. The Balaban J connectivity index is 2.57. The van der Waals surface area contributed by atoms with Crippen molar-refractivity contribution in [3.8, 4) is 0 Å². The fourth-order valence-corrected chi connectivity index (χ4v) is 0.931. The third-order valence-corrected chi connectivity index (χ3v) is 1.52. The summed E-state index contributed by atoms with van der Waals surface area (Å²) in [6.45, 7) is 0. The second-order valence-corrected chi connectivity index (χ2v) is 2.42. The van der Waals surface area contributed by atoms with E-state index in [0.717, 1.165) is 5.23 Å². The van der Waals surface area contributed by atoms with Crippen molar-refractivity contribution < 1.29 is 14.5 Å². The number of benzene rings is 1. The SMILES string of the molecule is CON(OC)C(=O)Nc1ccccc1. The predicted molar refractivity (Wildman–Crippen MR) is 51.3 cm³/mol. The van der Waals surface area contributed by atoms with Crippen LogP contribution in [0.15, 0.2) is 30.3 Å². The van der Waals surface area contributed by atoms with Crippen molar-refractivity contribution >= 4 is 11.7 Å². The molecule has 0 aliphatic heterocycles. The minimum absolute atomic E-state index is 0.485. The van der Waals surface area contributed by atoms with Crippen molar-refractivity contribution in [3.05, 3.63) is 30.3 Å². The topological polar surface area (TPSA) is 50.8 Å². The summed E-state index contributed by atoms with van der Waals surface area (Å²) in [6, 6.07) is 8.54. The van der Waals surface area contributed by atoms with Crippen LogP contribution in [-0.2, 0) is 9.68 Å². The molecule has 0 aromatic heterocycles. The molecular formula is C9H12N2O3. The van der Waals surface area contributed by atoms with Gasteiger partial charge in [-0.25, -0.2) is 14.5 Å². The monoisotopic (exact) mass is 196 g/mol. The molecule has 5 heteroatoms. The summed E-state index contributed by atoms with van der Waals surface area (Å²) in [6.07, 6.45) is 0. The molecule has 1 rings (SSSR count). The lowest BCUT2D eigenvalue weighted by molar-refractivity contribution is -0.295.